The highest BCUT2D eigenvalue weighted by molar-refractivity contribution is 8.00. The third-order valence-electron chi connectivity index (χ3n) is 4.87. The Morgan fingerprint density at radius 3 is 2.52 bits per heavy atom. The van der Waals surface area contributed by atoms with E-state index in [0.29, 0.717) is 22.2 Å². The fraction of sp³-hybridized carbons (Fsp3) is 0.200. The molecular formula is C25H23ClN2O2S. The van der Waals surface area contributed by atoms with Crippen LogP contribution in [0.1, 0.15) is 26.3 Å². The number of nitrogens with zero attached hydrogens (tertiary/aromatic N) is 1. The van der Waals surface area contributed by atoms with Crippen LogP contribution in [0, 0.1) is 0 Å². The van der Waals surface area contributed by atoms with Gasteiger partial charge in [-0.25, -0.2) is 4.98 Å². The molecule has 4 rings (SSSR count). The predicted molar refractivity (Wildman–Crippen MR) is 129 cm³/mol. The molecule has 1 N–H and O–H groups in total. The first kappa shape index (κ1) is 21.5. The van der Waals surface area contributed by atoms with Gasteiger partial charge in [-0.15, -0.1) is 11.8 Å². The lowest BCUT2D eigenvalue weighted by Crippen LogP contribution is -2.13. The number of hydrogen-bond donors (Lipinski definition) is 1. The fourth-order valence-corrected chi connectivity index (χ4v) is 4.18. The van der Waals surface area contributed by atoms with E-state index in [9.17, 15) is 4.79 Å². The Balaban J connectivity index is 1.46. The van der Waals surface area contributed by atoms with Crippen molar-refractivity contribution in [1.82, 2.24) is 4.98 Å². The molecule has 0 saturated heterocycles. The average Bonchev–Trinajstić information content (AvgIpc) is 3.16. The average molecular weight is 451 g/mol. The molecule has 3 aromatic carbocycles. The van der Waals surface area contributed by atoms with Gasteiger partial charge in [-0.2, -0.15) is 0 Å². The third kappa shape index (κ3) is 5.12. The van der Waals surface area contributed by atoms with Gasteiger partial charge in [-0.3, -0.25) is 4.79 Å². The van der Waals surface area contributed by atoms with Gasteiger partial charge in [0.1, 0.15) is 5.52 Å². The molecule has 6 heteroatoms. The number of rotatable bonds is 5. The number of halogens is 1. The Morgan fingerprint density at radius 2 is 1.81 bits per heavy atom. The summed E-state index contributed by atoms with van der Waals surface area (Å²) in [6, 6.07) is 21.2. The second-order valence-electron chi connectivity index (χ2n) is 8.30. The molecule has 158 valence electrons. The van der Waals surface area contributed by atoms with E-state index < -0.39 is 0 Å². The monoisotopic (exact) mass is 450 g/mol. The molecule has 0 radical (unpaired) electrons. The van der Waals surface area contributed by atoms with Gasteiger partial charge in [0, 0.05) is 22.2 Å². The topological polar surface area (TPSA) is 55.1 Å². The maximum Gasteiger partial charge on any atom is 0.234 e. The lowest BCUT2D eigenvalue weighted by molar-refractivity contribution is -0.113. The molecule has 4 aromatic rings. The van der Waals surface area contributed by atoms with Crippen LogP contribution in [0.25, 0.3) is 22.6 Å². The standard InChI is InChI=1S/C25H23ClN2O2S/c1-25(2,3)17-10-8-16(9-11-17)24-28-20-13-12-18(14-21(20)30-24)27-23(29)15-31-22-7-5-4-6-19(22)26/h4-14H,15H2,1-3H3,(H,27,29). The van der Waals surface area contributed by atoms with Crippen LogP contribution in [0.5, 0.6) is 0 Å². The summed E-state index contributed by atoms with van der Waals surface area (Å²) in [6.45, 7) is 6.55. The van der Waals surface area contributed by atoms with Crippen LogP contribution < -0.4 is 5.32 Å². The van der Waals surface area contributed by atoms with E-state index in [0.717, 1.165) is 16.0 Å². The maximum absolute atomic E-state index is 12.4. The number of anilines is 1. The molecule has 0 fully saturated rings. The number of fused-ring (bicyclic) bond motifs is 1. The van der Waals surface area contributed by atoms with E-state index in [1.807, 2.05) is 48.5 Å². The van der Waals surface area contributed by atoms with Gasteiger partial charge in [0.15, 0.2) is 5.58 Å². The predicted octanol–water partition coefficient (Wildman–Crippen LogP) is 7.18. The van der Waals surface area contributed by atoms with Crippen LogP contribution in [-0.2, 0) is 10.2 Å². The Bertz CT molecular complexity index is 1230. The van der Waals surface area contributed by atoms with Crippen LogP contribution in [0.15, 0.2) is 76.0 Å². The number of hydrogen-bond acceptors (Lipinski definition) is 4. The largest absolute Gasteiger partial charge is 0.436 e. The highest BCUT2D eigenvalue weighted by Gasteiger charge is 2.15. The van der Waals surface area contributed by atoms with E-state index >= 15 is 0 Å². The molecule has 1 amide bonds. The molecule has 0 unspecified atom stereocenters. The summed E-state index contributed by atoms with van der Waals surface area (Å²) in [4.78, 5) is 17.8. The van der Waals surface area contributed by atoms with Crippen molar-refractivity contribution >= 4 is 46.1 Å². The summed E-state index contributed by atoms with van der Waals surface area (Å²) in [6.07, 6.45) is 0. The van der Waals surface area contributed by atoms with Crippen molar-refractivity contribution in [2.75, 3.05) is 11.1 Å². The van der Waals surface area contributed by atoms with Crippen molar-refractivity contribution in [2.24, 2.45) is 0 Å². The summed E-state index contributed by atoms with van der Waals surface area (Å²) in [5.41, 5.74) is 4.32. The molecular weight excluding hydrogens is 428 g/mol. The second kappa shape index (κ2) is 8.77. The summed E-state index contributed by atoms with van der Waals surface area (Å²) in [7, 11) is 0. The molecule has 0 atom stereocenters. The second-order valence-corrected chi connectivity index (χ2v) is 9.72. The van der Waals surface area contributed by atoms with Gasteiger partial charge in [0.25, 0.3) is 0 Å². The molecule has 0 spiro atoms. The summed E-state index contributed by atoms with van der Waals surface area (Å²) in [5.74, 6) is 0.721. The van der Waals surface area contributed by atoms with Crippen molar-refractivity contribution in [2.45, 2.75) is 31.1 Å². The van der Waals surface area contributed by atoms with Crippen LogP contribution in [-0.4, -0.2) is 16.6 Å². The van der Waals surface area contributed by atoms with E-state index in [1.165, 1.54) is 17.3 Å². The third-order valence-corrected chi connectivity index (χ3v) is 6.38. The maximum atomic E-state index is 12.4. The normalized spacial score (nSPS) is 11.6. The lowest BCUT2D eigenvalue weighted by Gasteiger charge is -2.18. The highest BCUT2D eigenvalue weighted by Crippen LogP contribution is 2.30. The van der Waals surface area contributed by atoms with Crippen LogP contribution in [0.3, 0.4) is 0 Å². The van der Waals surface area contributed by atoms with Crippen molar-refractivity contribution in [3.63, 3.8) is 0 Å². The lowest BCUT2D eigenvalue weighted by atomic mass is 9.87. The molecule has 1 aromatic heterocycles. The number of oxazole rings is 1. The first-order valence-electron chi connectivity index (χ1n) is 9.98. The number of amides is 1. The first-order valence-corrected chi connectivity index (χ1v) is 11.3. The molecule has 4 nitrogen and oxygen atoms in total. The molecule has 31 heavy (non-hydrogen) atoms. The van der Waals surface area contributed by atoms with Gasteiger partial charge in [-0.1, -0.05) is 56.6 Å². The van der Waals surface area contributed by atoms with E-state index in [1.54, 1.807) is 6.07 Å². The smallest absolute Gasteiger partial charge is 0.234 e. The van der Waals surface area contributed by atoms with Gasteiger partial charge in [-0.05, 0) is 47.4 Å². The molecule has 0 aliphatic heterocycles. The quantitative estimate of drug-likeness (QED) is 0.327. The molecule has 0 aliphatic carbocycles. The minimum absolute atomic E-state index is 0.0943. The molecule has 1 heterocycles. The summed E-state index contributed by atoms with van der Waals surface area (Å²) in [5, 5.41) is 3.55. The Morgan fingerprint density at radius 1 is 1.06 bits per heavy atom. The summed E-state index contributed by atoms with van der Waals surface area (Å²) >= 11 is 7.55. The first-order chi connectivity index (χ1) is 14.8. The van der Waals surface area contributed by atoms with E-state index in [-0.39, 0.29) is 17.1 Å². The Labute approximate surface area is 191 Å². The van der Waals surface area contributed by atoms with Crippen molar-refractivity contribution in [3.05, 3.63) is 77.3 Å². The van der Waals surface area contributed by atoms with Gasteiger partial charge in [0.2, 0.25) is 11.8 Å². The number of thioether (sulfide) groups is 1. The van der Waals surface area contributed by atoms with Crippen molar-refractivity contribution in [1.29, 1.82) is 0 Å². The molecule has 0 saturated carbocycles. The number of aromatic nitrogens is 1. The van der Waals surface area contributed by atoms with Crippen molar-refractivity contribution in [3.8, 4) is 11.5 Å². The minimum atomic E-state index is -0.109. The van der Waals surface area contributed by atoms with E-state index in [4.69, 9.17) is 16.0 Å². The van der Waals surface area contributed by atoms with Gasteiger partial charge < -0.3 is 9.73 Å². The number of carbonyl (C=O) groups is 1. The highest BCUT2D eigenvalue weighted by atomic mass is 35.5. The van der Waals surface area contributed by atoms with Crippen molar-refractivity contribution < 1.29 is 9.21 Å². The summed E-state index contributed by atoms with van der Waals surface area (Å²) < 4.78 is 5.96. The number of nitrogens with one attached hydrogen (secondary N) is 1. The van der Waals surface area contributed by atoms with Crippen LogP contribution in [0.4, 0.5) is 5.69 Å². The Kier molecular flexibility index (Phi) is 6.08. The molecule has 0 aliphatic rings. The fourth-order valence-electron chi connectivity index (χ4n) is 3.14. The van der Waals surface area contributed by atoms with Gasteiger partial charge >= 0.3 is 0 Å². The zero-order valence-electron chi connectivity index (χ0n) is 17.6. The van der Waals surface area contributed by atoms with Crippen LogP contribution >= 0.6 is 23.4 Å². The SMILES string of the molecule is CC(C)(C)c1ccc(-c2nc3ccc(NC(=O)CSc4ccccc4Cl)cc3o2)cc1. The number of carbonyl (C=O) groups excluding carboxylic acids is 1. The number of benzene rings is 3. The zero-order chi connectivity index (χ0) is 22.0. The van der Waals surface area contributed by atoms with Gasteiger partial charge in [0.05, 0.1) is 10.8 Å². The zero-order valence-corrected chi connectivity index (χ0v) is 19.2. The van der Waals surface area contributed by atoms with Crippen LogP contribution in [0.2, 0.25) is 5.02 Å². The molecule has 0 bridgehead atoms. The Hall–Kier alpha value is -2.76. The van der Waals surface area contributed by atoms with E-state index in [2.05, 4.69) is 43.2 Å². The minimum Gasteiger partial charge on any atom is -0.436 e.